The molecule has 1 N–H and O–H groups in total. The highest BCUT2D eigenvalue weighted by Crippen LogP contribution is 2.16. The molecule has 0 amide bonds. The first kappa shape index (κ1) is 14.9. The van der Waals surface area contributed by atoms with E-state index in [-0.39, 0.29) is 0 Å². The van der Waals surface area contributed by atoms with Crippen molar-refractivity contribution in [3.05, 3.63) is 24.0 Å². The van der Waals surface area contributed by atoms with E-state index in [0.717, 1.165) is 30.9 Å². The molecule has 1 aromatic rings. The van der Waals surface area contributed by atoms with Gasteiger partial charge in [0.25, 0.3) is 0 Å². The number of ether oxygens (including phenoxy) is 2. The van der Waals surface area contributed by atoms with Gasteiger partial charge in [-0.1, -0.05) is 20.8 Å². The summed E-state index contributed by atoms with van der Waals surface area (Å²) >= 11 is 0. The number of nitrogens with zero attached hydrogens (tertiary/aromatic N) is 1. The second-order valence-electron chi connectivity index (χ2n) is 4.48. The second kappa shape index (κ2) is 8.89. The van der Waals surface area contributed by atoms with Gasteiger partial charge in [-0.3, -0.25) is 4.98 Å². The summed E-state index contributed by atoms with van der Waals surface area (Å²) in [5, 5.41) is 3.37. The van der Waals surface area contributed by atoms with Gasteiger partial charge in [0.1, 0.15) is 12.4 Å². The fourth-order valence-corrected chi connectivity index (χ4v) is 1.46. The van der Waals surface area contributed by atoms with Crippen molar-refractivity contribution in [2.24, 2.45) is 0 Å². The molecule has 1 rings (SSSR count). The van der Waals surface area contributed by atoms with Crippen LogP contribution in [0.25, 0.3) is 0 Å². The molecule has 0 saturated carbocycles. The third-order valence-corrected chi connectivity index (χ3v) is 2.40. The van der Waals surface area contributed by atoms with Crippen LogP contribution < -0.4 is 10.1 Å². The van der Waals surface area contributed by atoms with E-state index in [1.807, 2.05) is 6.07 Å². The monoisotopic (exact) mass is 252 g/mol. The Bertz CT molecular complexity index is 329. The first-order chi connectivity index (χ1) is 8.74. The Balaban J connectivity index is 2.38. The van der Waals surface area contributed by atoms with Crippen molar-refractivity contribution in [3.8, 4) is 5.75 Å². The number of hydrogen-bond acceptors (Lipinski definition) is 4. The van der Waals surface area contributed by atoms with Gasteiger partial charge in [0.15, 0.2) is 0 Å². The molecular formula is C14H24N2O2. The summed E-state index contributed by atoms with van der Waals surface area (Å²) in [6, 6.07) is 2.44. The van der Waals surface area contributed by atoms with Crippen LogP contribution >= 0.6 is 0 Å². The Morgan fingerprint density at radius 2 is 2.11 bits per heavy atom. The summed E-state index contributed by atoms with van der Waals surface area (Å²) < 4.78 is 11.1. The zero-order valence-electron chi connectivity index (χ0n) is 11.6. The van der Waals surface area contributed by atoms with Gasteiger partial charge in [0, 0.05) is 31.0 Å². The van der Waals surface area contributed by atoms with Gasteiger partial charge >= 0.3 is 0 Å². The number of hydrogen-bond donors (Lipinski definition) is 1. The first-order valence-electron chi connectivity index (χ1n) is 6.60. The fourth-order valence-electron chi connectivity index (χ4n) is 1.46. The molecule has 0 unspecified atom stereocenters. The molecule has 102 valence electrons. The maximum absolute atomic E-state index is 5.69. The van der Waals surface area contributed by atoms with Crippen molar-refractivity contribution in [1.82, 2.24) is 10.3 Å². The molecule has 4 nitrogen and oxygen atoms in total. The van der Waals surface area contributed by atoms with E-state index in [4.69, 9.17) is 9.47 Å². The van der Waals surface area contributed by atoms with Crippen LogP contribution in [0, 0.1) is 0 Å². The smallest absolute Gasteiger partial charge is 0.142 e. The van der Waals surface area contributed by atoms with Crippen LogP contribution in [0.2, 0.25) is 0 Å². The van der Waals surface area contributed by atoms with Crippen molar-refractivity contribution < 1.29 is 9.47 Å². The van der Waals surface area contributed by atoms with Gasteiger partial charge in [-0.2, -0.15) is 0 Å². The first-order valence-corrected chi connectivity index (χ1v) is 6.60. The molecule has 0 atom stereocenters. The summed E-state index contributed by atoms with van der Waals surface area (Å²) in [5.41, 5.74) is 1.13. The standard InChI is InChI=1S/C14H24N2O2/c1-4-7-17-8-9-18-14-11-15-6-5-13(14)10-16-12(2)3/h5-6,11-12,16H,4,7-10H2,1-3H3. The van der Waals surface area contributed by atoms with E-state index in [0.29, 0.717) is 19.3 Å². The quantitative estimate of drug-likeness (QED) is 0.685. The summed E-state index contributed by atoms with van der Waals surface area (Å²) in [6.07, 6.45) is 4.59. The zero-order chi connectivity index (χ0) is 13.2. The predicted molar refractivity (Wildman–Crippen MR) is 72.8 cm³/mol. The minimum absolute atomic E-state index is 0.457. The highest BCUT2D eigenvalue weighted by molar-refractivity contribution is 5.29. The summed E-state index contributed by atoms with van der Waals surface area (Å²) in [5.74, 6) is 0.839. The van der Waals surface area contributed by atoms with E-state index in [9.17, 15) is 0 Å². The van der Waals surface area contributed by atoms with Gasteiger partial charge in [-0.05, 0) is 12.5 Å². The van der Waals surface area contributed by atoms with Crippen molar-refractivity contribution in [3.63, 3.8) is 0 Å². The average molecular weight is 252 g/mol. The maximum atomic E-state index is 5.69. The second-order valence-corrected chi connectivity index (χ2v) is 4.48. The van der Waals surface area contributed by atoms with Crippen molar-refractivity contribution >= 4 is 0 Å². The lowest BCUT2D eigenvalue weighted by atomic mass is 10.2. The van der Waals surface area contributed by atoms with Crippen molar-refractivity contribution in [1.29, 1.82) is 0 Å². The minimum Gasteiger partial charge on any atom is -0.489 e. The molecule has 0 radical (unpaired) electrons. The lowest BCUT2D eigenvalue weighted by molar-refractivity contribution is 0.100. The molecule has 0 fully saturated rings. The van der Waals surface area contributed by atoms with Gasteiger partial charge in [0.05, 0.1) is 12.8 Å². The lowest BCUT2D eigenvalue weighted by Crippen LogP contribution is -2.22. The van der Waals surface area contributed by atoms with Crippen LogP contribution in [-0.4, -0.2) is 30.8 Å². The molecule has 1 aromatic heterocycles. The molecule has 0 spiro atoms. The van der Waals surface area contributed by atoms with E-state index in [1.165, 1.54) is 0 Å². The molecule has 0 aliphatic rings. The lowest BCUT2D eigenvalue weighted by Gasteiger charge is -2.13. The van der Waals surface area contributed by atoms with Crippen LogP contribution in [0.3, 0.4) is 0 Å². The van der Waals surface area contributed by atoms with Gasteiger partial charge in [-0.25, -0.2) is 0 Å². The predicted octanol–water partition coefficient (Wildman–Crippen LogP) is 2.39. The van der Waals surface area contributed by atoms with Gasteiger partial charge in [-0.15, -0.1) is 0 Å². The van der Waals surface area contributed by atoms with E-state index >= 15 is 0 Å². The van der Waals surface area contributed by atoms with Crippen LogP contribution in [0.1, 0.15) is 32.8 Å². The average Bonchev–Trinajstić information content (AvgIpc) is 2.37. The van der Waals surface area contributed by atoms with Crippen LogP contribution in [-0.2, 0) is 11.3 Å². The molecular weight excluding hydrogens is 228 g/mol. The molecule has 1 heterocycles. The summed E-state index contributed by atoms with van der Waals surface area (Å²) in [6.45, 7) is 9.13. The SMILES string of the molecule is CCCOCCOc1cnccc1CNC(C)C. The molecule has 18 heavy (non-hydrogen) atoms. The Morgan fingerprint density at radius 1 is 1.28 bits per heavy atom. The van der Waals surface area contributed by atoms with Crippen molar-refractivity contribution in [2.45, 2.75) is 39.8 Å². The minimum atomic E-state index is 0.457. The fraction of sp³-hybridized carbons (Fsp3) is 0.643. The highest BCUT2D eigenvalue weighted by atomic mass is 16.5. The largest absolute Gasteiger partial charge is 0.489 e. The maximum Gasteiger partial charge on any atom is 0.142 e. The molecule has 0 aliphatic carbocycles. The topological polar surface area (TPSA) is 43.4 Å². The van der Waals surface area contributed by atoms with E-state index in [2.05, 4.69) is 31.1 Å². The number of nitrogens with one attached hydrogen (secondary N) is 1. The zero-order valence-corrected chi connectivity index (χ0v) is 11.6. The number of rotatable bonds is 9. The highest BCUT2D eigenvalue weighted by Gasteiger charge is 2.04. The Labute approximate surface area is 110 Å². The van der Waals surface area contributed by atoms with E-state index in [1.54, 1.807) is 12.4 Å². The molecule has 0 saturated heterocycles. The molecule has 0 bridgehead atoms. The van der Waals surface area contributed by atoms with Crippen LogP contribution in [0.4, 0.5) is 0 Å². The van der Waals surface area contributed by atoms with Crippen LogP contribution in [0.15, 0.2) is 18.5 Å². The number of aromatic nitrogens is 1. The normalized spacial score (nSPS) is 10.9. The molecule has 0 aliphatic heterocycles. The number of pyridine rings is 1. The van der Waals surface area contributed by atoms with Gasteiger partial charge in [0.2, 0.25) is 0 Å². The summed E-state index contributed by atoms with van der Waals surface area (Å²) in [7, 11) is 0. The Hall–Kier alpha value is -1.13. The third-order valence-electron chi connectivity index (χ3n) is 2.40. The third kappa shape index (κ3) is 5.98. The Morgan fingerprint density at radius 3 is 2.83 bits per heavy atom. The van der Waals surface area contributed by atoms with Gasteiger partial charge < -0.3 is 14.8 Å². The Kier molecular flexibility index (Phi) is 7.37. The van der Waals surface area contributed by atoms with E-state index < -0.39 is 0 Å². The van der Waals surface area contributed by atoms with Crippen molar-refractivity contribution in [2.75, 3.05) is 19.8 Å². The van der Waals surface area contributed by atoms with Crippen LogP contribution in [0.5, 0.6) is 5.75 Å². The molecule has 0 aromatic carbocycles. The summed E-state index contributed by atoms with van der Waals surface area (Å²) in [4.78, 5) is 4.09. The molecule has 4 heteroatoms.